The Kier molecular flexibility index (Phi) is 6.61. The van der Waals surface area contributed by atoms with Gasteiger partial charge in [0, 0.05) is 18.8 Å². The van der Waals surface area contributed by atoms with Gasteiger partial charge in [-0.3, -0.25) is 18.7 Å². The maximum absolute atomic E-state index is 13.7. The lowest BCUT2D eigenvalue weighted by molar-refractivity contribution is -0.127. The molecular formula is C25H23FN4O2S3. The van der Waals surface area contributed by atoms with E-state index in [2.05, 4.69) is 0 Å². The van der Waals surface area contributed by atoms with E-state index in [1.807, 2.05) is 41.5 Å². The van der Waals surface area contributed by atoms with E-state index in [0.29, 0.717) is 25.1 Å². The van der Waals surface area contributed by atoms with Gasteiger partial charge >= 0.3 is 0 Å². The number of carbonyl (C=O) groups is 1. The molecule has 5 rings (SSSR count). The molecule has 2 aromatic heterocycles. The fraction of sp³-hybridized carbons (Fsp3) is 0.280. The van der Waals surface area contributed by atoms with Gasteiger partial charge in [-0.1, -0.05) is 29.2 Å². The average Bonchev–Trinajstić information content (AvgIpc) is 3.49. The third-order valence-corrected chi connectivity index (χ3v) is 8.47. The summed E-state index contributed by atoms with van der Waals surface area (Å²) in [4.78, 5) is 33.2. The molecule has 35 heavy (non-hydrogen) atoms. The maximum atomic E-state index is 13.7. The minimum absolute atomic E-state index is 0.0174. The molecule has 0 radical (unpaired) electrons. The summed E-state index contributed by atoms with van der Waals surface area (Å²) in [6.45, 7) is 5.58. The highest BCUT2D eigenvalue weighted by Crippen LogP contribution is 2.28. The van der Waals surface area contributed by atoms with Crippen LogP contribution in [0.5, 0.6) is 0 Å². The Balaban J connectivity index is 1.67. The van der Waals surface area contributed by atoms with Crippen molar-refractivity contribution in [2.24, 2.45) is 0 Å². The van der Waals surface area contributed by atoms with E-state index in [-0.39, 0.29) is 17.2 Å². The number of aryl methyl sites for hydroxylation is 2. The Hall–Kier alpha value is -2.82. The van der Waals surface area contributed by atoms with E-state index in [9.17, 15) is 14.0 Å². The second-order valence-corrected chi connectivity index (χ2v) is 11.1. The van der Waals surface area contributed by atoms with Gasteiger partial charge in [-0.15, -0.1) is 0 Å². The van der Waals surface area contributed by atoms with E-state index < -0.39 is 5.82 Å². The Morgan fingerprint density at radius 3 is 2.43 bits per heavy atom. The van der Waals surface area contributed by atoms with Crippen molar-refractivity contribution in [3.63, 3.8) is 0 Å². The highest BCUT2D eigenvalue weighted by atomic mass is 32.2. The van der Waals surface area contributed by atoms with Crippen molar-refractivity contribution in [2.45, 2.75) is 31.8 Å². The van der Waals surface area contributed by atoms with Gasteiger partial charge in [-0.05, 0) is 86.4 Å². The highest BCUT2D eigenvalue weighted by Gasteiger charge is 2.22. The third kappa shape index (κ3) is 4.57. The smallest absolute Gasteiger partial charge is 0.278 e. The molecule has 0 N–H and O–H groups in total. The summed E-state index contributed by atoms with van der Waals surface area (Å²) in [5, 5.41) is 0.368. The zero-order chi connectivity index (χ0) is 24.7. The Labute approximate surface area is 215 Å². The molecule has 2 aromatic carbocycles. The predicted molar refractivity (Wildman–Crippen MR) is 141 cm³/mol. The number of benzene rings is 2. The topological polar surface area (TPSA) is 60.1 Å². The molecule has 1 aliphatic heterocycles. The fourth-order valence-corrected chi connectivity index (χ4v) is 6.34. The van der Waals surface area contributed by atoms with Gasteiger partial charge in [-0.2, -0.15) is 0 Å². The quantitative estimate of drug-likeness (QED) is 0.197. The summed E-state index contributed by atoms with van der Waals surface area (Å²) in [5.74, 6) is -0.220. The summed E-state index contributed by atoms with van der Waals surface area (Å²) < 4.78 is 17.8. The van der Waals surface area contributed by atoms with Crippen LogP contribution in [0.2, 0.25) is 0 Å². The van der Waals surface area contributed by atoms with Crippen molar-refractivity contribution in [3.05, 3.63) is 73.7 Å². The van der Waals surface area contributed by atoms with Crippen LogP contribution in [-0.2, 0) is 4.79 Å². The number of aromatic nitrogens is 3. The minimum Gasteiger partial charge on any atom is -0.342 e. The second-order valence-electron chi connectivity index (χ2n) is 8.51. The van der Waals surface area contributed by atoms with E-state index in [1.54, 1.807) is 0 Å². The zero-order valence-corrected chi connectivity index (χ0v) is 21.7. The Bertz CT molecular complexity index is 1550. The molecule has 0 atom stereocenters. The van der Waals surface area contributed by atoms with Gasteiger partial charge in [0.25, 0.3) is 5.56 Å². The van der Waals surface area contributed by atoms with Gasteiger partial charge in [0.05, 0.1) is 11.4 Å². The lowest BCUT2D eigenvalue weighted by Gasteiger charge is -2.16. The van der Waals surface area contributed by atoms with Crippen LogP contribution in [-0.4, -0.2) is 43.8 Å². The number of carbonyl (C=O) groups excluding carboxylic acids is 1. The number of rotatable bonds is 5. The van der Waals surface area contributed by atoms with Crippen molar-refractivity contribution in [3.8, 4) is 11.4 Å². The number of halogens is 1. The molecule has 6 nitrogen and oxygen atoms in total. The molecule has 3 heterocycles. The van der Waals surface area contributed by atoms with E-state index in [4.69, 9.17) is 17.2 Å². The molecule has 1 amide bonds. The number of fused-ring (bicyclic) bond motifs is 1. The van der Waals surface area contributed by atoms with Gasteiger partial charge < -0.3 is 4.90 Å². The molecule has 0 aliphatic carbocycles. The SMILES string of the molecule is Cc1ccc(-n2c(=S)sc3c(=O)n(-c4ccc(F)cc4)c(SCC(=O)N4CCCC4)nc32)cc1C. The number of thiazole rings is 1. The molecule has 0 saturated carbocycles. The lowest BCUT2D eigenvalue weighted by Crippen LogP contribution is -2.29. The standard InChI is InChI=1S/C25H23FN4O2S3/c1-15-5-8-19(13-16(15)2)29-22-21(35-25(29)33)23(32)30(18-9-6-17(26)7-10-18)24(27-22)34-14-20(31)28-11-3-4-12-28/h5-10,13H,3-4,11-12,14H2,1-2H3. The van der Waals surface area contributed by atoms with Gasteiger partial charge in [0.15, 0.2) is 14.8 Å². The zero-order valence-electron chi connectivity index (χ0n) is 19.3. The first-order chi connectivity index (χ1) is 16.8. The van der Waals surface area contributed by atoms with Gasteiger partial charge in [0.2, 0.25) is 5.91 Å². The van der Waals surface area contributed by atoms with Crippen LogP contribution in [0.3, 0.4) is 0 Å². The van der Waals surface area contributed by atoms with Gasteiger partial charge in [-0.25, -0.2) is 9.37 Å². The lowest BCUT2D eigenvalue weighted by atomic mass is 10.1. The van der Waals surface area contributed by atoms with Crippen LogP contribution < -0.4 is 5.56 Å². The summed E-state index contributed by atoms with van der Waals surface area (Å²) in [6.07, 6.45) is 2.01. The first kappa shape index (κ1) is 23.9. The third-order valence-electron chi connectivity index (χ3n) is 6.19. The largest absolute Gasteiger partial charge is 0.342 e. The minimum atomic E-state index is -0.397. The number of likely N-dealkylation sites (tertiary alicyclic amines) is 1. The number of hydrogen-bond donors (Lipinski definition) is 0. The number of thioether (sulfide) groups is 1. The van der Waals surface area contributed by atoms with E-state index in [1.165, 1.54) is 51.9 Å². The monoisotopic (exact) mass is 526 g/mol. The summed E-state index contributed by atoms with van der Waals surface area (Å²) >= 11 is 8.06. The van der Waals surface area contributed by atoms with Crippen molar-refractivity contribution < 1.29 is 9.18 Å². The fourth-order valence-electron chi connectivity index (χ4n) is 4.13. The molecule has 1 aliphatic rings. The second kappa shape index (κ2) is 9.67. The molecule has 1 saturated heterocycles. The summed E-state index contributed by atoms with van der Waals surface area (Å²) in [5.41, 5.74) is 3.75. The van der Waals surface area contributed by atoms with Crippen LogP contribution in [0, 0.1) is 23.6 Å². The van der Waals surface area contributed by atoms with Crippen molar-refractivity contribution in [2.75, 3.05) is 18.8 Å². The summed E-state index contributed by atoms with van der Waals surface area (Å²) in [7, 11) is 0. The van der Waals surface area contributed by atoms with Crippen LogP contribution in [0.15, 0.2) is 52.4 Å². The Morgan fingerprint density at radius 2 is 1.74 bits per heavy atom. The van der Waals surface area contributed by atoms with Crippen molar-refractivity contribution >= 4 is 51.6 Å². The molecular weight excluding hydrogens is 504 g/mol. The van der Waals surface area contributed by atoms with Crippen LogP contribution in [0.4, 0.5) is 4.39 Å². The molecule has 4 aromatic rings. The first-order valence-corrected chi connectivity index (χ1v) is 13.5. The molecule has 1 fully saturated rings. The molecule has 180 valence electrons. The molecule has 10 heteroatoms. The number of nitrogens with zero attached hydrogens (tertiary/aromatic N) is 4. The predicted octanol–water partition coefficient (Wildman–Crippen LogP) is 5.44. The molecule has 0 unspecified atom stereocenters. The normalized spacial score (nSPS) is 13.6. The van der Waals surface area contributed by atoms with E-state index in [0.717, 1.165) is 42.7 Å². The first-order valence-electron chi connectivity index (χ1n) is 11.3. The van der Waals surface area contributed by atoms with E-state index >= 15 is 0 Å². The Morgan fingerprint density at radius 1 is 1.06 bits per heavy atom. The van der Waals surface area contributed by atoms with Crippen LogP contribution >= 0.6 is 35.3 Å². The van der Waals surface area contributed by atoms with Crippen molar-refractivity contribution in [1.29, 1.82) is 0 Å². The summed E-state index contributed by atoms with van der Waals surface area (Å²) in [6, 6.07) is 11.7. The van der Waals surface area contributed by atoms with Gasteiger partial charge in [0.1, 0.15) is 10.5 Å². The highest BCUT2D eigenvalue weighted by molar-refractivity contribution is 7.99. The average molecular weight is 527 g/mol. The number of hydrogen-bond acceptors (Lipinski definition) is 6. The number of amides is 1. The van der Waals surface area contributed by atoms with Crippen LogP contribution in [0.1, 0.15) is 24.0 Å². The molecule has 0 bridgehead atoms. The maximum Gasteiger partial charge on any atom is 0.278 e. The van der Waals surface area contributed by atoms with Crippen LogP contribution in [0.25, 0.3) is 21.7 Å². The van der Waals surface area contributed by atoms with Crippen molar-refractivity contribution in [1.82, 2.24) is 19.0 Å². The molecule has 0 spiro atoms.